The van der Waals surface area contributed by atoms with E-state index in [-0.39, 0.29) is 11.9 Å². The molecule has 1 aliphatic rings. The minimum Gasteiger partial charge on any atom is -0.368 e. The van der Waals surface area contributed by atoms with Crippen molar-refractivity contribution in [3.63, 3.8) is 0 Å². The Balaban J connectivity index is 1.45. The van der Waals surface area contributed by atoms with E-state index >= 15 is 0 Å². The summed E-state index contributed by atoms with van der Waals surface area (Å²) in [6.45, 7) is 7.03. The molecule has 3 aromatic rings. The number of piperazine rings is 1. The van der Waals surface area contributed by atoms with Crippen LogP contribution < -0.4 is 4.90 Å². The Morgan fingerprint density at radius 1 is 1.11 bits per heavy atom. The van der Waals surface area contributed by atoms with Gasteiger partial charge < -0.3 is 14.4 Å². The Labute approximate surface area is 164 Å². The van der Waals surface area contributed by atoms with Gasteiger partial charge in [-0.1, -0.05) is 35.4 Å². The zero-order valence-corrected chi connectivity index (χ0v) is 16.5. The van der Waals surface area contributed by atoms with Crippen LogP contribution in [-0.4, -0.2) is 41.1 Å². The molecule has 0 spiro atoms. The monoisotopic (exact) mass is 381 g/mol. The van der Waals surface area contributed by atoms with Crippen LogP contribution in [0, 0.1) is 6.92 Å². The van der Waals surface area contributed by atoms with E-state index in [1.807, 2.05) is 39.9 Å². The molecule has 2 heterocycles. The van der Waals surface area contributed by atoms with E-state index in [4.69, 9.17) is 11.6 Å². The number of amides is 1. The van der Waals surface area contributed by atoms with Crippen LogP contribution in [0.25, 0.3) is 10.9 Å². The molecule has 0 radical (unpaired) electrons. The van der Waals surface area contributed by atoms with Crippen molar-refractivity contribution in [3.05, 3.63) is 65.3 Å². The first kappa shape index (κ1) is 17.9. The highest BCUT2D eigenvalue weighted by Gasteiger charge is 2.27. The molecule has 1 unspecified atom stereocenters. The van der Waals surface area contributed by atoms with Gasteiger partial charge in [-0.15, -0.1) is 0 Å². The van der Waals surface area contributed by atoms with E-state index in [1.54, 1.807) is 0 Å². The number of nitrogens with zero attached hydrogens (tertiary/aromatic N) is 3. The summed E-state index contributed by atoms with van der Waals surface area (Å²) in [7, 11) is 0. The van der Waals surface area contributed by atoms with Gasteiger partial charge >= 0.3 is 0 Å². The molecule has 0 bridgehead atoms. The molecule has 1 saturated heterocycles. The fourth-order valence-corrected chi connectivity index (χ4v) is 4.02. The standard InChI is InChI=1S/C22H24ClN3O/c1-16-3-7-20(8-4-16)24-11-12-26(17(2)14-24)22(27)15-25-10-9-18-5-6-19(23)13-21(18)25/h3-10,13,17H,11-12,14-15H2,1-2H3. The molecule has 0 N–H and O–H groups in total. The summed E-state index contributed by atoms with van der Waals surface area (Å²) < 4.78 is 1.99. The number of carbonyl (C=O) groups excluding carboxylic acids is 1. The molecule has 0 saturated carbocycles. The minimum absolute atomic E-state index is 0.156. The summed E-state index contributed by atoms with van der Waals surface area (Å²) in [6, 6.07) is 16.6. The number of anilines is 1. The van der Waals surface area contributed by atoms with Gasteiger partial charge in [0, 0.05) is 48.1 Å². The molecule has 5 heteroatoms. The fraction of sp³-hybridized carbons (Fsp3) is 0.318. The van der Waals surface area contributed by atoms with E-state index in [0.717, 1.165) is 30.5 Å². The van der Waals surface area contributed by atoms with Crippen LogP contribution in [0.5, 0.6) is 0 Å². The molecular weight excluding hydrogens is 358 g/mol. The second kappa shape index (κ2) is 7.28. The maximum atomic E-state index is 12.9. The Morgan fingerprint density at radius 2 is 1.89 bits per heavy atom. The highest BCUT2D eigenvalue weighted by Crippen LogP contribution is 2.22. The summed E-state index contributed by atoms with van der Waals surface area (Å²) in [5.74, 6) is 0.156. The lowest BCUT2D eigenvalue weighted by atomic mass is 10.1. The first-order valence-electron chi connectivity index (χ1n) is 9.37. The molecule has 140 valence electrons. The van der Waals surface area contributed by atoms with E-state index < -0.39 is 0 Å². The first-order chi connectivity index (χ1) is 13.0. The van der Waals surface area contributed by atoms with Gasteiger partial charge in [0.15, 0.2) is 0 Å². The molecule has 0 aliphatic carbocycles. The number of hydrogen-bond donors (Lipinski definition) is 0. The largest absolute Gasteiger partial charge is 0.368 e. The van der Waals surface area contributed by atoms with E-state index in [9.17, 15) is 4.79 Å². The lowest BCUT2D eigenvalue weighted by Gasteiger charge is -2.41. The maximum absolute atomic E-state index is 12.9. The van der Waals surface area contributed by atoms with Crippen molar-refractivity contribution in [2.24, 2.45) is 0 Å². The number of fused-ring (bicyclic) bond motifs is 1. The van der Waals surface area contributed by atoms with E-state index in [1.165, 1.54) is 11.3 Å². The van der Waals surface area contributed by atoms with Crippen molar-refractivity contribution in [2.45, 2.75) is 26.4 Å². The zero-order chi connectivity index (χ0) is 19.0. The summed E-state index contributed by atoms with van der Waals surface area (Å²) >= 11 is 6.13. The molecule has 1 atom stereocenters. The lowest BCUT2D eigenvalue weighted by molar-refractivity contribution is -0.134. The van der Waals surface area contributed by atoms with Gasteiger partial charge in [0.25, 0.3) is 0 Å². The molecule has 4 rings (SSSR count). The predicted molar refractivity (Wildman–Crippen MR) is 112 cm³/mol. The highest BCUT2D eigenvalue weighted by atomic mass is 35.5. The smallest absolute Gasteiger partial charge is 0.242 e. The topological polar surface area (TPSA) is 28.5 Å². The molecule has 4 nitrogen and oxygen atoms in total. The quantitative estimate of drug-likeness (QED) is 0.675. The number of aryl methyl sites for hydroxylation is 1. The van der Waals surface area contributed by atoms with Crippen LogP contribution in [0.3, 0.4) is 0 Å². The number of halogens is 1. The average Bonchev–Trinajstić information content (AvgIpc) is 3.04. The van der Waals surface area contributed by atoms with Crippen LogP contribution in [-0.2, 0) is 11.3 Å². The maximum Gasteiger partial charge on any atom is 0.242 e. The third kappa shape index (κ3) is 3.67. The van der Waals surface area contributed by atoms with Gasteiger partial charge in [0.05, 0.1) is 0 Å². The Kier molecular flexibility index (Phi) is 4.83. The van der Waals surface area contributed by atoms with Gasteiger partial charge in [-0.05, 0) is 49.6 Å². The fourth-order valence-electron chi connectivity index (χ4n) is 3.85. The summed E-state index contributed by atoms with van der Waals surface area (Å²) in [5, 5.41) is 1.79. The van der Waals surface area contributed by atoms with Gasteiger partial charge in [-0.3, -0.25) is 4.79 Å². The molecule has 2 aromatic carbocycles. The lowest BCUT2D eigenvalue weighted by Crippen LogP contribution is -2.54. The second-order valence-electron chi connectivity index (χ2n) is 7.36. The van der Waals surface area contributed by atoms with Crippen LogP contribution in [0.2, 0.25) is 5.02 Å². The van der Waals surface area contributed by atoms with Gasteiger partial charge in [0.1, 0.15) is 6.54 Å². The number of rotatable bonds is 3. The Bertz CT molecular complexity index is 963. The minimum atomic E-state index is 0.156. The SMILES string of the molecule is Cc1ccc(N2CCN(C(=O)Cn3ccc4ccc(Cl)cc43)C(C)C2)cc1. The van der Waals surface area contributed by atoms with E-state index in [2.05, 4.69) is 43.0 Å². The Morgan fingerprint density at radius 3 is 2.63 bits per heavy atom. The zero-order valence-electron chi connectivity index (χ0n) is 15.7. The normalized spacial score (nSPS) is 17.5. The van der Waals surface area contributed by atoms with Gasteiger partial charge in [-0.25, -0.2) is 0 Å². The number of benzene rings is 2. The van der Waals surface area contributed by atoms with Crippen molar-refractivity contribution in [1.82, 2.24) is 9.47 Å². The van der Waals surface area contributed by atoms with Crippen LogP contribution >= 0.6 is 11.6 Å². The number of hydrogen-bond acceptors (Lipinski definition) is 2. The van der Waals surface area contributed by atoms with Crippen molar-refractivity contribution in [1.29, 1.82) is 0 Å². The van der Waals surface area contributed by atoms with E-state index in [0.29, 0.717) is 11.6 Å². The van der Waals surface area contributed by atoms with Crippen LogP contribution in [0.4, 0.5) is 5.69 Å². The first-order valence-corrected chi connectivity index (χ1v) is 9.74. The second-order valence-corrected chi connectivity index (χ2v) is 7.80. The molecule has 1 amide bonds. The van der Waals surface area contributed by atoms with Gasteiger partial charge in [0.2, 0.25) is 5.91 Å². The van der Waals surface area contributed by atoms with Crippen LogP contribution in [0.15, 0.2) is 54.7 Å². The molecular formula is C22H24ClN3O. The summed E-state index contributed by atoms with van der Waals surface area (Å²) in [6.07, 6.45) is 1.96. The Hall–Kier alpha value is -2.46. The third-order valence-corrected chi connectivity index (χ3v) is 5.62. The van der Waals surface area contributed by atoms with Crippen molar-refractivity contribution in [3.8, 4) is 0 Å². The number of carbonyl (C=O) groups is 1. The predicted octanol–water partition coefficient (Wildman–Crippen LogP) is 4.34. The van der Waals surface area contributed by atoms with Crippen LogP contribution in [0.1, 0.15) is 12.5 Å². The summed E-state index contributed by atoms with van der Waals surface area (Å²) in [5.41, 5.74) is 3.49. The van der Waals surface area contributed by atoms with Gasteiger partial charge in [-0.2, -0.15) is 0 Å². The molecule has 1 aliphatic heterocycles. The average molecular weight is 382 g/mol. The van der Waals surface area contributed by atoms with Crippen molar-refractivity contribution < 1.29 is 4.79 Å². The third-order valence-electron chi connectivity index (χ3n) is 5.39. The van der Waals surface area contributed by atoms with Crippen molar-refractivity contribution >= 4 is 34.1 Å². The van der Waals surface area contributed by atoms with Crippen molar-refractivity contribution in [2.75, 3.05) is 24.5 Å². The molecule has 1 fully saturated rings. The highest BCUT2D eigenvalue weighted by molar-refractivity contribution is 6.31. The molecule has 1 aromatic heterocycles. The number of aromatic nitrogens is 1. The molecule has 27 heavy (non-hydrogen) atoms. The summed E-state index contributed by atoms with van der Waals surface area (Å²) in [4.78, 5) is 17.3.